The smallest absolute Gasteiger partial charge is 0.214 e. The van der Waals surface area contributed by atoms with Gasteiger partial charge in [0.15, 0.2) is 0 Å². The van der Waals surface area contributed by atoms with Gasteiger partial charge in [-0.2, -0.15) is 4.31 Å². The van der Waals surface area contributed by atoms with Gasteiger partial charge in [-0.25, -0.2) is 8.42 Å². The van der Waals surface area contributed by atoms with E-state index in [9.17, 15) is 8.42 Å². The molecular weight excluding hydrogens is 264 g/mol. The van der Waals surface area contributed by atoms with Gasteiger partial charge in [0.1, 0.15) is 0 Å². The molecule has 112 valence electrons. The van der Waals surface area contributed by atoms with Gasteiger partial charge in [0.05, 0.1) is 18.0 Å². The Bertz CT molecular complexity index is 379. The molecule has 2 unspecified atom stereocenters. The Morgan fingerprint density at radius 2 is 1.89 bits per heavy atom. The highest BCUT2D eigenvalue weighted by Crippen LogP contribution is 2.26. The summed E-state index contributed by atoms with van der Waals surface area (Å²) in [4.78, 5) is 0. The van der Waals surface area contributed by atoms with E-state index in [1.807, 2.05) is 6.92 Å². The van der Waals surface area contributed by atoms with Gasteiger partial charge in [-0.3, -0.25) is 0 Å². The second kappa shape index (κ2) is 6.52. The first-order valence-corrected chi connectivity index (χ1v) is 8.95. The van der Waals surface area contributed by atoms with Crippen LogP contribution in [0.25, 0.3) is 0 Å². The molecule has 6 heteroatoms. The first-order valence-electron chi connectivity index (χ1n) is 7.34. The maximum Gasteiger partial charge on any atom is 0.214 e. The quantitative estimate of drug-likeness (QED) is 0.836. The number of hydrogen-bond acceptors (Lipinski definition) is 4. The van der Waals surface area contributed by atoms with Crippen molar-refractivity contribution >= 4 is 10.0 Å². The van der Waals surface area contributed by atoms with Gasteiger partial charge >= 0.3 is 0 Å². The zero-order valence-corrected chi connectivity index (χ0v) is 12.6. The zero-order chi connectivity index (χ0) is 13.9. The van der Waals surface area contributed by atoms with E-state index in [4.69, 9.17) is 10.5 Å². The molecule has 0 spiro atoms. The molecule has 0 aromatic heterocycles. The minimum absolute atomic E-state index is 0.0663. The van der Waals surface area contributed by atoms with E-state index < -0.39 is 10.0 Å². The van der Waals surface area contributed by atoms with E-state index >= 15 is 0 Å². The molecular formula is C13H26N2O3S. The molecule has 1 aliphatic carbocycles. The molecule has 5 nitrogen and oxygen atoms in total. The summed E-state index contributed by atoms with van der Waals surface area (Å²) in [5.41, 5.74) is 5.61. The Labute approximate surface area is 116 Å². The third kappa shape index (κ3) is 4.15. The summed E-state index contributed by atoms with van der Waals surface area (Å²) in [5.74, 6) is 0.644. The van der Waals surface area contributed by atoms with Crippen molar-refractivity contribution in [2.75, 3.05) is 25.4 Å². The van der Waals surface area contributed by atoms with Gasteiger partial charge in [-0.1, -0.05) is 19.3 Å². The molecule has 1 aliphatic heterocycles. The highest BCUT2D eigenvalue weighted by Gasteiger charge is 2.33. The molecule has 0 aromatic rings. The van der Waals surface area contributed by atoms with Crippen molar-refractivity contribution in [3.63, 3.8) is 0 Å². The topological polar surface area (TPSA) is 72.6 Å². The van der Waals surface area contributed by atoms with E-state index in [0.29, 0.717) is 31.3 Å². The lowest BCUT2D eigenvalue weighted by atomic mass is 9.91. The molecule has 0 bridgehead atoms. The lowest BCUT2D eigenvalue weighted by molar-refractivity contribution is -0.0487. The molecule has 1 heterocycles. The molecule has 2 N–H and O–H groups in total. The number of nitrogens with zero attached hydrogens (tertiary/aromatic N) is 1. The lowest BCUT2D eigenvalue weighted by Crippen LogP contribution is -2.52. The summed E-state index contributed by atoms with van der Waals surface area (Å²) >= 11 is 0. The molecule has 2 rings (SSSR count). The van der Waals surface area contributed by atoms with Crippen molar-refractivity contribution in [2.45, 2.75) is 51.2 Å². The first-order chi connectivity index (χ1) is 9.01. The second-order valence-corrected chi connectivity index (χ2v) is 7.92. The van der Waals surface area contributed by atoms with Gasteiger partial charge in [0.25, 0.3) is 0 Å². The summed E-state index contributed by atoms with van der Waals surface area (Å²) in [7, 11) is -3.16. The van der Waals surface area contributed by atoms with Gasteiger partial charge < -0.3 is 10.5 Å². The van der Waals surface area contributed by atoms with Gasteiger partial charge in [-0.15, -0.1) is 0 Å². The Kier molecular flexibility index (Phi) is 5.22. The zero-order valence-electron chi connectivity index (χ0n) is 11.8. The van der Waals surface area contributed by atoms with Crippen molar-refractivity contribution in [3.8, 4) is 0 Å². The monoisotopic (exact) mass is 290 g/mol. The van der Waals surface area contributed by atoms with E-state index in [0.717, 1.165) is 12.8 Å². The van der Waals surface area contributed by atoms with Crippen molar-refractivity contribution in [3.05, 3.63) is 0 Å². The number of morpholine rings is 1. The molecule has 0 amide bonds. The summed E-state index contributed by atoms with van der Waals surface area (Å²) in [6.45, 7) is 3.16. The van der Waals surface area contributed by atoms with Crippen LogP contribution in [0.4, 0.5) is 0 Å². The average molecular weight is 290 g/mol. The van der Waals surface area contributed by atoms with E-state index in [1.165, 1.54) is 19.3 Å². The fraction of sp³-hybridized carbons (Fsp3) is 1.00. The number of ether oxygens (including phenoxy) is 1. The summed E-state index contributed by atoms with van der Waals surface area (Å²) in [6, 6.07) is 0. The van der Waals surface area contributed by atoms with Gasteiger partial charge in [0, 0.05) is 19.6 Å². The van der Waals surface area contributed by atoms with E-state index in [2.05, 4.69) is 0 Å². The van der Waals surface area contributed by atoms with Crippen LogP contribution in [0.3, 0.4) is 0 Å². The lowest BCUT2D eigenvalue weighted by Gasteiger charge is -2.36. The SMILES string of the molecule is CC1CN(S(=O)(=O)CC2CCCCC2)CC(CN)O1. The number of nitrogens with two attached hydrogens (primary N) is 1. The number of hydrogen-bond donors (Lipinski definition) is 1. The Balaban J connectivity index is 1.97. The van der Waals surface area contributed by atoms with E-state index in [-0.39, 0.29) is 12.2 Å². The van der Waals surface area contributed by atoms with Crippen molar-refractivity contribution in [1.29, 1.82) is 0 Å². The fourth-order valence-electron chi connectivity index (χ4n) is 3.12. The Hall–Kier alpha value is -0.170. The van der Waals surface area contributed by atoms with Crippen LogP contribution in [0, 0.1) is 5.92 Å². The van der Waals surface area contributed by atoms with Crippen LogP contribution in [-0.2, 0) is 14.8 Å². The summed E-state index contributed by atoms with van der Waals surface area (Å²) in [5, 5.41) is 0. The molecule has 1 saturated heterocycles. The van der Waals surface area contributed by atoms with Crippen molar-refractivity contribution in [2.24, 2.45) is 11.7 Å². The molecule has 2 aliphatic rings. The Morgan fingerprint density at radius 3 is 2.53 bits per heavy atom. The van der Waals surface area contributed by atoms with Crippen LogP contribution in [0.15, 0.2) is 0 Å². The van der Waals surface area contributed by atoms with Gasteiger partial charge in [-0.05, 0) is 25.7 Å². The van der Waals surface area contributed by atoms with Crippen LogP contribution in [0.2, 0.25) is 0 Å². The maximum absolute atomic E-state index is 12.5. The second-order valence-electron chi connectivity index (χ2n) is 5.90. The van der Waals surface area contributed by atoms with Crippen molar-refractivity contribution < 1.29 is 13.2 Å². The first kappa shape index (κ1) is 15.2. The Morgan fingerprint density at radius 1 is 1.21 bits per heavy atom. The summed E-state index contributed by atoms with van der Waals surface area (Å²) < 4.78 is 32.2. The highest BCUT2D eigenvalue weighted by atomic mass is 32.2. The largest absolute Gasteiger partial charge is 0.371 e. The molecule has 2 fully saturated rings. The minimum atomic E-state index is -3.16. The molecule has 1 saturated carbocycles. The molecule has 0 radical (unpaired) electrons. The maximum atomic E-state index is 12.5. The molecule has 19 heavy (non-hydrogen) atoms. The predicted molar refractivity (Wildman–Crippen MR) is 75.3 cm³/mol. The van der Waals surface area contributed by atoms with Gasteiger partial charge in [0.2, 0.25) is 10.0 Å². The normalized spacial score (nSPS) is 31.5. The van der Waals surface area contributed by atoms with Crippen LogP contribution >= 0.6 is 0 Å². The summed E-state index contributed by atoms with van der Waals surface area (Å²) in [6.07, 6.45) is 5.48. The van der Waals surface area contributed by atoms with E-state index in [1.54, 1.807) is 4.31 Å². The fourth-order valence-corrected chi connectivity index (χ4v) is 5.09. The van der Waals surface area contributed by atoms with Crippen LogP contribution in [0.1, 0.15) is 39.0 Å². The number of rotatable bonds is 4. The van der Waals surface area contributed by atoms with Crippen LogP contribution < -0.4 is 5.73 Å². The average Bonchev–Trinajstić information content (AvgIpc) is 2.38. The molecule has 0 aromatic carbocycles. The third-order valence-corrected chi connectivity index (χ3v) is 6.10. The van der Waals surface area contributed by atoms with Crippen LogP contribution in [0.5, 0.6) is 0 Å². The van der Waals surface area contributed by atoms with Crippen LogP contribution in [-0.4, -0.2) is 50.3 Å². The minimum Gasteiger partial charge on any atom is -0.371 e. The molecule has 2 atom stereocenters. The highest BCUT2D eigenvalue weighted by molar-refractivity contribution is 7.89. The third-order valence-electron chi connectivity index (χ3n) is 4.12. The number of sulfonamides is 1. The predicted octanol–water partition coefficient (Wildman–Crippen LogP) is 0.945. The van der Waals surface area contributed by atoms with Crippen molar-refractivity contribution in [1.82, 2.24) is 4.31 Å². The standard InChI is InChI=1S/C13H26N2O3S/c1-11-8-15(9-13(7-14)18-11)19(16,17)10-12-5-3-2-4-6-12/h11-13H,2-10,14H2,1H3.